The summed E-state index contributed by atoms with van der Waals surface area (Å²) in [6.07, 6.45) is 1.54. The molecule has 16 heavy (non-hydrogen) atoms. The van der Waals surface area contributed by atoms with Gasteiger partial charge in [-0.1, -0.05) is 34.8 Å². The van der Waals surface area contributed by atoms with E-state index in [-0.39, 0.29) is 11.1 Å². The minimum absolute atomic E-state index is 0.165. The van der Waals surface area contributed by atoms with Crippen LogP contribution in [0.1, 0.15) is 0 Å². The number of rotatable bonds is 4. The minimum Gasteiger partial charge on any atom is -0.494 e. The van der Waals surface area contributed by atoms with Crippen molar-refractivity contribution in [1.82, 2.24) is 0 Å². The SMILES string of the molecule is COc1c(Cl)cc(OCC=C(Cl)Cl)cc1Br. The maximum atomic E-state index is 5.97. The molecule has 0 radical (unpaired) electrons. The van der Waals surface area contributed by atoms with Crippen LogP contribution in [0.3, 0.4) is 0 Å². The zero-order valence-electron chi connectivity index (χ0n) is 8.27. The molecule has 0 aliphatic heterocycles. The zero-order valence-corrected chi connectivity index (χ0v) is 12.1. The summed E-state index contributed by atoms with van der Waals surface area (Å²) >= 11 is 20.2. The predicted molar refractivity (Wildman–Crippen MR) is 71.0 cm³/mol. The van der Waals surface area contributed by atoms with E-state index in [2.05, 4.69) is 15.9 Å². The molecular weight excluding hydrogens is 338 g/mol. The highest BCUT2D eigenvalue weighted by atomic mass is 79.9. The Morgan fingerprint density at radius 1 is 1.44 bits per heavy atom. The Morgan fingerprint density at radius 2 is 2.12 bits per heavy atom. The lowest BCUT2D eigenvalue weighted by atomic mass is 10.3. The molecule has 0 spiro atoms. The summed E-state index contributed by atoms with van der Waals surface area (Å²) in [7, 11) is 1.54. The summed E-state index contributed by atoms with van der Waals surface area (Å²) < 4.78 is 11.3. The normalized spacial score (nSPS) is 9.81. The molecule has 1 aromatic rings. The molecular formula is C10H8BrCl3O2. The van der Waals surface area contributed by atoms with Gasteiger partial charge in [0, 0.05) is 6.07 Å². The lowest BCUT2D eigenvalue weighted by Gasteiger charge is -2.09. The van der Waals surface area contributed by atoms with Crippen LogP contribution in [0.5, 0.6) is 11.5 Å². The van der Waals surface area contributed by atoms with E-state index in [1.165, 1.54) is 6.08 Å². The standard InChI is InChI=1S/C10H8BrCl3O2/c1-15-10-7(11)4-6(5-8(10)12)16-3-2-9(13)14/h2,4-5H,3H2,1H3. The first kappa shape index (κ1) is 14.0. The van der Waals surface area contributed by atoms with E-state index in [0.717, 1.165) is 4.47 Å². The van der Waals surface area contributed by atoms with Crippen LogP contribution in [0.2, 0.25) is 5.02 Å². The van der Waals surface area contributed by atoms with Crippen molar-refractivity contribution in [3.05, 3.63) is 32.2 Å². The van der Waals surface area contributed by atoms with E-state index in [1.807, 2.05) is 0 Å². The molecule has 88 valence electrons. The molecule has 0 heterocycles. The zero-order chi connectivity index (χ0) is 12.1. The molecule has 0 saturated heterocycles. The topological polar surface area (TPSA) is 18.5 Å². The van der Waals surface area contributed by atoms with E-state index < -0.39 is 0 Å². The third-order valence-electron chi connectivity index (χ3n) is 1.66. The van der Waals surface area contributed by atoms with Crippen molar-refractivity contribution >= 4 is 50.7 Å². The molecule has 0 unspecified atom stereocenters. The maximum absolute atomic E-state index is 5.97. The number of ether oxygens (including phenoxy) is 2. The highest BCUT2D eigenvalue weighted by Crippen LogP contribution is 2.36. The van der Waals surface area contributed by atoms with Gasteiger partial charge in [0.15, 0.2) is 5.75 Å². The molecule has 0 N–H and O–H groups in total. The van der Waals surface area contributed by atoms with E-state index >= 15 is 0 Å². The highest BCUT2D eigenvalue weighted by molar-refractivity contribution is 9.10. The lowest BCUT2D eigenvalue weighted by molar-refractivity contribution is 0.360. The van der Waals surface area contributed by atoms with Crippen LogP contribution in [-0.4, -0.2) is 13.7 Å². The van der Waals surface area contributed by atoms with Crippen LogP contribution in [0, 0.1) is 0 Å². The third kappa shape index (κ3) is 4.06. The second-order valence-electron chi connectivity index (χ2n) is 2.72. The number of halogens is 4. The lowest BCUT2D eigenvalue weighted by Crippen LogP contribution is -1.95. The van der Waals surface area contributed by atoms with Crippen LogP contribution in [0.15, 0.2) is 27.2 Å². The average Bonchev–Trinajstić information content (AvgIpc) is 2.16. The van der Waals surface area contributed by atoms with Gasteiger partial charge in [0.05, 0.1) is 16.6 Å². The molecule has 1 rings (SSSR count). The Hall–Kier alpha value is -0.0900. The quantitative estimate of drug-likeness (QED) is 0.779. The molecule has 2 nitrogen and oxygen atoms in total. The van der Waals surface area contributed by atoms with Gasteiger partial charge in [0.1, 0.15) is 16.8 Å². The van der Waals surface area contributed by atoms with Crippen molar-refractivity contribution in [2.24, 2.45) is 0 Å². The Balaban J connectivity index is 2.80. The van der Waals surface area contributed by atoms with Gasteiger partial charge in [-0.2, -0.15) is 0 Å². The predicted octanol–water partition coefficient (Wildman–Crippen LogP) is 4.81. The van der Waals surface area contributed by atoms with Crippen LogP contribution in [0.25, 0.3) is 0 Å². The molecule has 6 heteroatoms. The van der Waals surface area contributed by atoms with E-state index in [9.17, 15) is 0 Å². The van der Waals surface area contributed by atoms with Gasteiger partial charge in [-0.05, 0) is 28.1 Å². The first-order valence-corrected chi connectivity index (χ1v) is 6.14. The molecule has 0 fully saturated rings. The minimum atomic E-state index is 0.165. The van der Waals surface area contributed by atoms with Crippen LogP contribution in [-0.2, 0) is 0 Å². The Bertz CT molecular complexity index is 380. The van der Waals surface area contributed by atoms with E-state index in [0.29, 0.717) is 16.5 Å². The Morgan fingerprint density at radius 3 is 2.62 bits per heavy atom. The first-order valence-electron chi connectivity index (χ1n) is 4.21. The molecule has 0 atom stereocenters. The Labute approximate surface area is 117 Å². The van der Waals surface area contributed by atoms with Crippen molar-refractivity contribution in [3.8, 4) is 11.5 Å². The molecule has 0 aliphatic carbocycles. The molecule has 0 aromatic heterocycles. The van der Waals surface area contributed by atoms with Crippen molar-refractivity contribution in [2.75, 3.05) is 13.7 Å². The fourth-order valence-corrected chi connectivity index (χ4v) is 2.14. The molecule has 1 aromatic carbocycles. The van der Waals surface area contributed by atoms with Gasteiger partial charge in [-0.3, -0.25) is 0 Å². The summed E-state index contributed by atoms with van der Waals surface area (Å²) in [5, 5.41) is 0.466. The largest absolute Gasteiger partial charge is 0.494 e. The summed E-state index contributed by atoms with van der Waals surface area (Å²) in [6.45, 7) is 0.275. The summed E-state index contributed by atoms with van der Waals surface area (Å²) in [6, 6.07) is 3.40. The van der Waals surface area contributed by atoms with Gasteiger partial charge < -0.3 is 9.47 Å². The van der Waals surface area contributed by atoms with Gasteiger partial charge >= 0.3 is 0 Å². The maximum Gasteiger partial charge on any atom is 0.151 e. The van der Waals surface area contributed by atoms with Crippen molar-refractivity contribution in [2.45, 2.75) is 0 Å². The monoisotopic (exact) mass is 344 g/mol. The number of hydrogen-bond acceptors (Lipinski definition) is 2. The smallest absolute Gasteiger partial charge is 0.151 e. The molecule has 0 amide bonds. The van der Waals surface area contributed by atoms with Crippen LogP contribution in [0.4, 0.5) is 0 Å². The second-order valence-corrected chi connectivity index (χ2v) is 4.99. The van der Waals surface area contributed by atoms with Crippen LogP contribution >= 0.6 is 50.7 Å². The van der Waals surface area contributed by atoms with Gasteiger partial charge in [-0.25, -0.2) is 0 Å². The summed E-state index contributed by atoms with van der Waals surface area (Å²) in [4.78, 5) is 0. The Kier molecular flexibility index (Phi) is 5.76. The summed E-state index contributed by atoms with van der Waals surface area (Å²) in [5.41, 5.74) is 0. The molecule has 0 aliphatic rings. The van der Waals surface area contributed by atoms with Crippen molar-refractivity contribution in [1.29, 1.82) is 0 Å². The van der Waals surface area contributed by atoms with Gasteiger partial charge in [0.25, 0.3) is 0 Å². The molecule has 0 saturated carbocycles. The molecule has 0 bridgehead atoms. The number of benzene rings is 1. The van der Waals surface area contributed by atoms with E-state index in [1.54, 1.807) is 19.2 Å². The van der Waals surface area contributed by atoms with Crippen molar-refractivity contribution in [3.63, 3.8) is 0 Å². The fraction of sp³-hybridized carbons (Fsp3) is 0.200. The number of methoxy groups -OCH3 is 1. The number of hydrogen-bond donors (Lipinski definition) is 0. The van der Waals surface area contributed by atoms with Gasteiger partial charge in [0.2, 0.25) is 0 Å². The van der Waals surface area contributed by atoms with E-state index in [4.69, 9.17) is 44.3 Å². The highest BCUT2D eigenvalue weighted by Gasteiger charge is 2.08. The van der Waals surface area contributed by atoms with Gasteiger partial charge in [-0.15, -0.1) is 0 Å². The average molecular weight is 346 g/mol. The fourth-order valence-electron chi connectivity index (χ4n) is 1.02. The van der Waals surface area contributed by atoms with Crippen LogP contribution < -0.4 is 9.47 Å². The second kappa shape index (κ2) is 6.60. The third-order valence-corrected chi connectivity index (χ3v) is 2.84. The van der Waals surface area contributed by atoms with Crippen molar-refractivity contribution < 1.29 is 9.47 Å². The summed E-state index contributed by atoms with van der Waals surface area (Å²) in [5.74, 6) is 1.17. The first-order chi connectivity index (χ1) is 7.54.